The molecule has 1 saturated carbocycles. The Labute approximate surface area is 103 Å². The van der Waals surface area contributed by atoms with Crippen LogP contribution in [0, 0.1) is 11.8 Å². The van der Waals surface area contributed by atoms with Gasteiger partial charge in [0, 0.05) is 6.04 Å². The van der Waals surface area contributed by atoms with Crippen molar-refractivity contribution in [3.63, 3.8) is 0 Å². The minimum atomic E-state index is -4.20. The third-order valence-electron chi connectivity index (χ3n) is 3.39. The minimum Gasteiger partial charge on any atom is -0.350 e. The maximum atomic E-state index is 12.7. The first kappa shape index (κ1) is 15.2. The van der Waals surface area contributed by atoms with E-state index in [0.717, 1.165) is 12.8 Å². The molecule has 1 rings (SSSR count). The lowest BCUT2D eigenvalue weighted by Crippen LogP contribution is -2.50. The Morgan fingerprint density at radius 1 is 1.44 bits per heavy atom. The number of alkyl halides is 4. The number of carbonyl (C=O) groups excluding carboxylic acids is 1. The van der Waals surface area contributed by atoms with Gasteiger partial charge < -0.3 is 11.1 Å². The quantitative estimate of drug-likeness (QED) is 0.765. The Balaban J connectivity index is 2.54. The van der Waals surface area contributed by atoms with Crippen LogP contribution in [0.1, 0.15) is 26.2 Å². The number of nitrogens with two attached hydrogens (primary N) is 1. The monoisotopic (exact) mass is 270 g/mol. The number of hydrogen-bond donors (Lipinski definition) is 2. The van der Waals surface area contributed by atoms with Crippen LogP contribution in [-0.2, 0) is 4.79 Å². The summed E-state index contributed by atoms with van der Waals surface area (Å²) < 4.78 is 49.2. The van der Waals surface area contributed by atoms with Crippen molar-refractivity contribution < 1.29 is 22.4 Å². The zero-order chi connectivity index (χ0) is 13.9. The van der Waals surface area contributed by atoms with Gasteiger partial charge in [0.15, 0.2) is 0 Å². The van der Waals surface area contributed by atoms with Crippen LogP contribution >= 0.6 is 0 Å². The second kappa shape index (κ2) is 5.86. The molecule has 0 aliphatic heterocycles. The summed E-state index contributed by atoms with van der Waals surface area (Å²) in [5.41, 5.74) is 5.77. The fourth-order valence-electron chi connectivity index (χ4n) is 2.31. The zero-order valence-corrected chi connectivity index (χ0v) is 10.1. The molecule has 0 aromatic heterocycles. The van der Waals surface area contributed by atoms with Crippen LogP contribution in [0.25, 0.3) is 0 Å². The SMILES string of the molecule is CC1CCCC(N)C1C(=O)NCC(F)(F)C(F)F. The lowest BCUT2D eigenvalue weighted by molar-refractivity contribution is -0.140. The molecule has 0 heterocycles. The predicted molar refractivity (Wildman–Crippen MR) is 58.4 cm³/mol. The van der Waals surface area contributed by atoms with E-state index in [4.69, 9.17) is 5.73 Å². The summed E-state index contributed by atoms with van der Waals surface area (Å²) in [6, 6.07) is -0.395. The fraction of sp³-hybridized carbons (Fsp3) is 0.909. The van der Waals surface area contributed by atoms with Gasteiger partial charge in [0.25, 0.3) is 0 Å². The average molecular weight is 270 g/mol. The van der Waals surface area contributed by atoms with E-state index in [0.29, 0.717) is 6.42 Å². The highest BCUT2D eigenvalue weighted by atomic mass is 19.3. The molecule has 0 bridgehead atoms. The Bertz CT molecular complexity index is 289. The number of hydrogen-bond acceptors (Lipinski definition) is 2. The van der Waals surface area contributed by atoms with Crippen molar-refractivity contribution >= 4 is 5.91 Å². The summed E-state index contributed by atoms with van der Waals surface area (Å²) in [4.78, 5) is 11.7. The van der Waals surface area contributed by atoms with Crippen LogP contribution < -0.4 is 11.1 Å². The van der Waals surface area contributed by atoms with Gasteiger partial charge >= 0.3 is 12.3 Å². The van der Waals surface area contributed by atoms with Gasteiger partial charge in [0.05, 0.1) is 12.5 Å². The number of halogens is 4. The summed E-state index contributed by atoms with van der Waals surface area (Å²) in [7, 11) is 0. The smallest absolute Gasteiger partial charge is 0.324 e. The highest BCUT2D eigenvalue weighted by molar-refractivity contribution is 5.79. The van der Waals surface area contributed by atoms with Crippen LogP contribution in [0.5, 0.6) is 0 Å². The molecule has 18 heavy (non-hydrogen) atoms. The minimum absolute atomic E-state index is 0.0195. The molecule has 3 N–H and O–H groups in total. The van der Waals surface area contributed by atoms with Gasteiger partial charge in [-0.3, -0.25) is 4.79 Å². The molecule has 1 aliphatic carbocycles. The lowest BCUT2D eigenvalue weighted by Gasteiger charge is -2.33. The lowest BCUT2D eigenvalue weighted by atomic mass is 9.76. The van der Waals surface area contributed by atoms with Gasteiger partial charge in [0.1, 0.15) is 0 Å². The third kappa shape index (κ3) is 3.57. The summed E-state index contributed by atoms with van der Waals surface area (Å²) in [6.45, 7) is 0.466. The Kier molecular flexibility index (Phi) is 4.95. The molecule has 1 fully saturated rings. The van der Waals surface area contributed by atoms with Gasteiger partial charge in [-0.05, 0) is 18.8 Å². The summed E-state index contributed by atoms with van der Waals surface area (Å²) in [5, 5.41) is 1.89. The molecule has 0 spiro atoms. The van der Waals surface area contributed by atoms with Gasteiger partial charge in [0.2, 0.25) is 5.91 Å². The van der Waals surface area contributed by atoms with Crippen LogP contribution in [0.4, 0.5) is 17.6 Å². The van der Waals surface area contributed by atoms with Crippen LogP contribution in [0.3, 0.4) is 0 Å². The normalized spacial score (nSPS) is 29.4. The van der Waals surface area contributed by atoms with Crippen molar-refractivity contribution in [3.8, 4) is 0 Å². The van der Waals surface area contributed by atoms with Crippen LogP contribution in [-0.4, -0.2) is 30.8 Å². The first-order chi connectivity index (χ1) is 8.25. The number of amides is 1. The van der Waals surface area contributed by atoms with E-state index >= 15 is 0 Å². The summed E-state index contributed by atoms with van der Waals surface area (Å²) in [6.07, 6.45) is -1.46. The van der Waals surface area contributed by atoms with E-state index in [1.54, 1.807) is 0 Å². The molecule has 0 aromatic carbocycles. The zero-order valence-electron chi connectivity index (χ0n) is 10.1. The van der Waals surface area contributed by atoms with Crippen molar-refractivity contribution in [1.82, 2.24) is 5.32 Å². The Morgan fingerprint density at radius 3 is 2.56 bits per heavy atom. The number of rotatable bonds is 4. The first-order valence-corrected chi connectivity index (χ1v) is 5.95. The molecule has 106 valence electrons. The van der Waals surface area contributed by atoms with E-state index in [2.05, 4.69) is 0 Å². The van der Waals surface area contributed by atoms with Crippen LogP contribution in [0.15, 0.2) is 0 Å². The molecular formula is C11H18F4N2O. The molecule has 1 aliphatic rings. The van der Waals surface area contributed by atoms with Crippen LogP contribution in [0.2, 0.25) is 0 Å². The Morgan fingerprint density at radius 2 is 2.06 bits per heavy atom. The second-order valence-corrected chi connectivity index (χ2v) is 4.88. The van der Waals surface area contributed by atoms with E-state index in [-0.39, 0.29) is 5.92 Å². The molecule has 0 radical (unpaired) electrons. The molecule has 3 nitrogen and oxygen atoms in total. The second-order valence-electron chi connectivity index (χ2n) is 4.88. The maximum Gasteiger partial charge on any atom is 0.324 e. The highest BCUT2D eigenvalue weighted by Crippen LogP contribution is 2.29. The molecule has 7 heteroatoms. The molecule has 3 unspecified atom stereocenters. The molecular weight excluding hydrogens is 252 g/mol. The molecule has 3 atom stereocenters. The van der Waals surface area contributed by atoms with E-state index in [9.17, 15) is 22.4 Å². The van der Waals surface area contributed by atoms with Crippen molar-refractivity contribution in [1.29, 1.82) is 0 Å². The topological polar surface area (TPSA) is 55.1 Å². The average Bonchev–Trinajstić information content (AvgIpc) is 2.26. The van der Waals surface area contributed by atoms with Gasteiger partial charge in [-0.15, -0.1) is 0 Å². The number of nitrogens with one attached hydrogen (secondary N) is 1. The summed E-state index contributed by atoms with van der Waals surface area (Å²) >= 11 is 0. The van der Waals surface area contributed by atoms with Crippen molar-refractivity contribution in [2.24, 2.45) is 17.6 Å². The van der Waals surface area contributed by atoms with Gasteiger partial charge in [-0.2, -0.15) is 8.78 Å². The highest BCUT2D eigenvalue weighted by Gasteiger charge is 2.42. The fourth-order valence-corrected chi connectivity index (χ4v) is 2.31. The van der Waals surface area contributed by atoms with Crippen molar-refractivity contribution in [2.75, 3.05) is 6.54 Å². The molecule has 1 amide bonds. The predicted octanol–water partition coefficient (Wildman–Crippen LogP) is 1.77. The standard InChI is InChI=1S/C11H18F4N2O/c1-6-3-2-4-7(16)8(6)9(18)17-5-11(14,15)10(12)13/h6-8,10H,2-5,16H2,1H3,(H,17,18). The van der Waals surface area contributed by atoms with E-state index < -0.39 is 36.8 Å². The van der Waals surface area contributed by atoms with Crippen molar-refractivity contribution in [2.45, 2.75) is 44.6 Å². The maximum absolute atomic E-state index is 12.7. The largest absolute Gasteiger partial charge is 0.350 e. The third-order valence-corrected chi connectivity index (χ3v) is 3.39. The Hall–Kier alpha value is -0.850. The van der Waals surface area contributed by atoms with Gasteiger partial charge in [-0.25, -0.2) is 8.78 Å². The van der Waals surface area contributed by atoms with Crippen molar-refractivity contribution in [3.05, 3.63) is 0 Å². The first-order valence-electron chi connectivity index (χ1n) is 5.95. The number of carbonyl (C=O) groups is 1. The van der Waals surface area contributed by atoms with E-state index in [1.165, 1.54) is 0 Å². The van der Waals surface area contributed by atoms with Gasteiger partial charge in [-0.1, -0.05) is 13.3 Å². The molecule has 0 aromatic rings. The summed E-state index contributed by atoms with van der Waals surface area (Å²) in [5.74, 6) is -5.45. The van der Waals surface area contributed by atoms with E-state index in [1.807, 2.05) is 12.2 Å². The molecule has 0 saturated heterocycles.